The number of hydrogen-bond acceptors (Lipinski definition) is 7. The van der Waals surface area contributed by atoms with Crippen molar-refractivity contribution < 1.29 is 24.2 Å². The van der Waals surface area contributed by atoms with Gasteiger partial charge in [0.1, 0.15) is 6.04 Å². The molecular formula is C39H50N4O5S. The first kappa shape index (κ1) is 35.4. The molecule has 262 valence electrons. The maximum Gasteiger partial charge on any atom is 0.247 e. The lowest BCUT2D eigenvalue weighted by Gasteiger charge is -2.40. The Morgan fingerprint density at radius 2 is 1.61 bits per heavy atom. The number of morpholine rings is 1. The number of likely N-dealkylation sites (tertiary alicyclic amines) is 1. The third kappa shape index (κ3) is 6.85. The SMILES string of the molecule is C=CCN(CCN1CCOCC1)C(=O)C1N([C@@H](CO)Cc2ccccc2)C(=O)[C@@H]2[C@@H](C(=O)N(CC=C)Cc3ccccc3)[C@@]3(C)CCC12S3. The van der Waals surface area contributed by atoms with Gasteiger partial charge in [-0.25, -0.2) is 0 Å². The predicted octanol–water partition coefficient (Wildman–Crippen LogP) is 3.63. The van der Waals surface area contributed by atoms with Crippen molar-refractivity contribution in [3.8, 4) is 0 Å². The van der Waals surface area contributed by atoms with Crippen LogP contribution in [0.15, 0.2) is 86.0 Å². The second-order valence-electron chi connectivity index (χ2n) is 14.0. The molecule has 0 saturated carbocycles. The first-order chi connectivity index (χ1) is 23.8. The Morgan fingerprint density at radius 3 is 2.24 bits per heavy atom. The molecule has 4 aliphatic heterocycles. The van der Waals surface area contributed by atoms with E-state index in [4.69, 9.17) is 4.74 Å². The maximum absolute atomic E-state index is 15.1. The molecule has 2 aromatic rings. The van der Waals surface area contributed by atoms with Crippen LogP contribution in [0.1, 0.15) is 30.9 Å². The second kappa shape index (κ2) is 15.2. The third-order valence-corrected chi connectivity index (χ3v) is 12.9. The van der Waals surface area contributed by atoms with Crippen molar-refractivity contribution in [2.24, 2.45) is 11.8 Å². The van der Waals surface area contributed by atoms with Gasteiger partial charge in [-0.2, -0.15) is 0 Å². The van der Waals surface area contributed by atoms with Gasteiger partial charge in [0.2, 0.25) is 17.7 Å². The summed E-state index contributed by atoms with van der Waals surface area (Å²) in [5, 5.41) is 10.9. The molecule has 4 heterocycles. The lowest BCUT2D eigenvalue weighted by Crippen LogP contribution is -2.58. The van der Waals surface area contributed by atoms with Gasteiger partial charge in [-0.1, -0.05) is 72.8 Å². The van der Waals surface area contributed by atoms with E-state index in [-0.39, 0.29) is 24.3 Å². The van der Waals surface area contributed by atoms with Gasteiger partial charge in [0.15, 0.2) is 0 Å². The van der Waals surface area contributed by atoms with Crippen molar-refractivity contribution in [2.75, 3.05) is 59.1 Å². The van der Waals surface area contributed by atoms with Crippen LogP contribution in [-0.4, -0.2) is 123 Å². The van der Waals surface area contributed by atoms with E-state index in [1.807, 2.05) is 65.6 Å². The van der Waals surface area contributed by atoms with Crippen LogP contribution in [0.4, 0.5) is 0 Å². The Labute approximate surface area is 294 Å². The number of benzene rings is 2. The molecular weight excluding hydrogens is 637 g/mol. The summed E-state index contributed by atoms with van der Waals surface area (Å²) in [6.07, 6.45) is 5.25. The van der Waals surface area contributed by atoms with Crippen LogP contribution in [0.2, 0.25) is 0 Å². The van der Waals surface area contributed by atoms with Crippen LogP contribution in [0.5, 0.6) is 0 Å². The van der Waals surface area contributed by atoms with Gasteiger partial charge in [-0.3, -0.25) is 19.3 Å². The number of nitrogens with zero attached hydrogens (tertiary/aromatic N) is 4. The molecule has 0 aliphatic carbocycles. The second-order valence-corrected chi connectivity index (χ2v) is 15.9. The highest BCUT2D eigenvalue weighted by Gasteiger charge is 2.78. The number of ether oxygens (including phenoxy) is 1. The number of hydrogen-bond donors (Lipinski definition) is 1. The number of thioether (sulfide) groups is 1. The zero-order valence-corrected chi connectivity index (χ0v) is 29.4. The topological polar surface area (TPSA) is 93.6 Å². The van der Waals surface area contributed by atoms with E-state index in [2.05, 4.69) is 25.0 Å². The summed E-state index contributed by atoms with van der Waals surface area (Å²) in [5.74, 6) is -1.71. The van der Waals surface area contributed by atoms with Crippen molar-refractivity contribution in [1.29, 1.82) is 0 Å². The fourth-order valence-electron chi connectivity index (χ4n) is 8.65. The number of amides is 3. The molecule has 3 amide bonds. The lowest BCUT2D eigenvalue weighted by molar-refractivity contribution is -0.148. The summed E-state index contributed by atoms with van der Waals surface area (Å²) >= 11 is 1.67. The minimum atomic E-state index is -0.817. The number of carbonyl (C=O) groups excluding carboxylic acids is 3. The molecule has 4 saturated heterocycles. The summed E-state index contributed by atoms with van der Waals surface area (Å²) < 4.78 is 4.23. The van der Waals surface area contributed by atoms with Crippen molar-refractivity contribution in [1.82, 2.24) is 19.6 Å². The molecule has 1 spiro atoms. The van der Waals surface area contributed by atoms with E-state index >= 15 is 9.59 Å². The van der Waals surface area contributed by atoms with Gasteiger partial charge in [-0.15, -0.1) is 24.9 Å². The van der Waals surface area contributed by atoms with Crippen molar-refractivity contribution in [2.45, 2.75) is 54.3 Å². The fourth-order valence-corrected chi connectivity index (χ4v) is 11.0. The van der Waals surface area contributed by atoms with Crippen molar-refractivity contribution in [3.63, 3.8) is 0 Å². The Balaban J connectivity index is 1.38. The summed E-state index contributed by atoms with van der Waals surface area (Å²) in [6.45, 7) is 14.9. The minimum absolute atomic E-state index is 0.0781. The van der Waals surface area contributed by atoms with Crippen molar-refractivity contribution in [3.05, 3.63) is 97.1 Å². The average molecular weight is 687 g/mol. The number of aliphatic hydroxyl groups is 1. The first-order valence-corrected chi connectivity index (χ1v) is 18.4. The van der Waals surface area contributed by atoms with Crippen LogP contribution in [0.25, 0.3) is 0 Å². The molecule has 0 radical (unpaired) electrons. The van der Waals surface area contributed by atoms with E-state index in [1.165, 1.54) is 0 Å². The van der Waals surface area contributed by atoms with E-state index in [9.17, 15) is 9.90 Å². The van der Waals surface area contributed by atoms with E-state index in [0.29, 0.717) is 58.8 Å². The fraction of sp³-hybridized carbons (Fsp3) is 0.513. The minimum Gasteiger partial charge on any atom is -0.394 e. The van der Waals surface area contributed by atoms with Crippen LogP contribution < -0.4 is 0 Å². The van der Waals surface area contributed by atoms with Gasteiger partial charge in [-0.05, 0) is 37.3 Å². The molecule has 6 atom stereocenters. The normalized spacial score (nSPS) is 28.2. The lowest BCUT2D eigenvalue weighted by atomic mass is 9.66. The molecule has 6 rings (SSSR count). The maximum atomic E-state index is 15.1. The van der Waals surface area contributed by atoms with E-state index in [0.717, 1.165) is 30.6 Å². The Kier molecular flexibility index (Phi) is 11.0. The molecule has 4 aliphatic rings. The average Bonchev–Trinajstić information content (AvgIpc) is 3.70. The van der Waals surface area contributed by atoms with Crippen LogP contribution in [0, 0.1) is 11.8 Å². The Hall–Kier alpha value is -3.44. The molecule has 2 aromatic carbocycles. The molecule has 2 unspecified atom stereocenters. The number of aliphatic hydroxyl groups excluding tert-OH is 1. The van der Waals surface area contributed by atoms with Crippen LogP contribution in [-0.2, 0) is 32.1 Å². The molecule has 10 heteroatoms. The molecule has 2 bridgehead atoms. The predicted molar refractivity (Wildman–Crippen MR) is 193 cm³/mol. The molecule has 1 N–H and O–H groups in total. The van der Waals surface area contributed by atoms with Crippen LogP contribution >= 0.6 is 11.8 Å². The van der Waals surface area contributed by atoms with Gasteiger partial charge < -0.3 is 24.5 Å². The number of carbonyl (C=O) groups is 3. The standard InChI is InChI=1S/C39H50N4O5S/c1-4-18-41(21-20-40-22-24-48-25-23-40)37(47)34-39-17-16-38(3,49-39)32(35(45)42(19-5-2)27-30-14-10-7-11-15-30)33(39)36(46)43(34)31(28-44)26-29-12-8-6-9-13-29/h4-15,31-34,44H,1-2,16-28H2,3H3/t31-,32+,33+,34?,38-,39?/m1/s1. The Morgan fingerprint density at radius 1 is 0.980 bits per heavy atom. The van der Waals surface area contributed by atoms with Gasteiger partial charge >= 0.3 is 0 Å². The summed E-state index contributed by atoms with van der Waals surface area (Å²) in [6, 6.07) is 18.2. The zero-order valence-electron chi connectivity index (χ0n) is 28.6. The highest BCUT2D eigenvalue weighted by Crippen LogP contribution is 2.72. The third-order valence-electron chi connectivity index (χ3n) is 11.0. The highest BCUT2D eigenvalue weighted by atomic mass is 32.2. The summed E-state index contributed by atoms with van der Waals surface area (Å²) in [7, 11) is 0. The summed E-state index contributed by atoms with van der Waals surface area (Å²) in [5.41, 5.74) is 1.98. The first-order valence-electron chi connectivity index (χ1n) is 17.6. The Bertz CT molecular complexity index is 1500. The van der Waals surface area contributed by atoms with Gasteiger partial charge in [0.25, 0.3) is 0 Å². The van der Waals surface area contributed by atoms with E-state index in [1.54, 1.807) is 33.7 Å². The molecule has 49 heavy (non-hydrogen) atoms. The van der Waals surface area contributed by atoms with Gasteiger partial charge in [0.05, 0.1) is 42.4 Å². The van der Waals surface area contributed by atoms with E-state index < -0.39 is 33.4 Å². The van der Waals surface area contributed by atoms with Gasteiger partial charge in [0, 0.05) is 50.6 Å². The van der Waals surface area contributed by atoms with Crippen molar-refractivity contribution >= 4 is 29.5 Å². The monoisotopic (exact) mass is 686 g/mol. The molecule has 0 aromatic heterocycles. The van der Waals surface area contributed by atoms with Crippen LogP contribution in [0.3, 0.4) is 0 Å². The zero-order chi connectivity index (χ0) is 34.6. The highest BCUT2D eigenvalue weighted by molar-refractivity contribution is 8.02. The molecule has 4 fully saturated rings. The largest absolute Gasteiger partial charge is 0.394 e. The number of rotatable bonds is 15. The smallest absolute Gasteiger partial charge is 0.247 e. The molecule has 9 nitrogen and oxygen atoms in total. The quantitative estimate of drug-likeness (QED) is 0.286. The number of fused-ring (bicyclic) bond motifs is 1. The summed E-state index contributed by atoms with van der Waals surface area (Å²) in [4.78, 5) is 52.5.